The van der Waals surface area contributed by atoms with Gasteiger partial charge in [-0.2, -0.15) is 22.9 Å². The Hall–Kier alpha value is -3.94. The highest BCUT2D eigenvalue weighted by atomic mass is 32.2. The molecule has 4 aromatic rings. The molecule has 2 bridgehead atoms. The van der Waals surface area contributed by atoms with Crippen LogP contribution in [0.1, 0.15) is 12.0 Å². The summed E-state index contributed by atoms with van der Waals surface area (Å²) in [7, 11) is -4.06. The van der Waals surface area contributed by atoms with Gasteiger partial charge in [0.1, 0.15) is 16.8 Å². The molecule has 10 heteroatoms. The molecular formula is C24H21N7O2S. The zero-order valence-corrected chi connectivity index (χ0v) is 18.9. The number of benzene rings is 2. The van der Waals surface area contributed by atoms with Gasteiger partial charge in [-0.1, -0.05) is 12.1 Å². The highest BCUT2D eigenvalue weighted by Gasteiger charge is 2.37. The molecule has 170 valence electrons. The lowest BCUT2D eigenvalue weighted by Gasteiger charge is -2.29. The Bertz CT molecular complexity index is 1540. The summed E-state index contributed by atoms with van der Waals surface area (Å²) in [6.45, 7) is 2.06. The Labute approximate surface area is 196 Å². The molecule has 2 aromatic carbocycles. The van der Waals surface area contributed by atoms with Gasteiger partial charge < -0.3 is 15.5 Å². The van der Waals surface area contributed by atoms with Crippen molar-refractivity contribution >= 4 is 38.1 Å². The molecule has 2 unspecified atom stereocenters. The first-order chi connectivity index (χ1) is 16.5. The monoisotopic (exact) mass is 471 g/mol. The lowest BCUT2D eigenvalue weighted by molar-refractivity contribution is 0.580. The van der Waals surface area contributed by atoms with E-state index in [1.54, 1.807) is 24.4 Å². The molecule has 2 aliphatic rings. The molecule has 0 aliphatic carbocycles. The van der Waals surface area contributed by atoms with Crippen LogP contribution in [0.5, 0.6) is 0 Å². The molecule has 2 saturated heterocycles. The van der Waals surface area contributed by atoms with E-state index in [1.807, 2.05) is 18.2 Å². The fraction of sp³-hybridized carbons (Fsp3) is 0.208. The predicted octanol–water partition coefficient (Wildman–Crippen LogP) is 2.83. The second kappa shape index (κ2) is 7.83. The smallest absolute Gasteiger partial charge is 0.284 e. The third-order valence-electron chi connectivity index (χ3n) is 6.46. The summed E-state index contributed by atoms with van der Waals surface area (Å²) in [5.74, 6) is 0.496. The van der Waals surface area contributed by atoms with Crippen LogP contribution in [0.3, 0.4) is 0 Å². The zero-order chi connectivity index (χ0) is 23.3. The molecule has 6 rings (SSSR count). The average Bonchev–Trinajstić information content (AvgIpc) is 3.60. The van der Waals surface area contributed by atoms with Crippen molar-refractivity contribution in [3.05, 3.63) is 72.6 Å². The summed E-state index contributed by atoms with van der Waals surface area (Å²) in [6, 6.07) is 19.0. The minimum absolute atomic E-state index is 0.0700. The van der Waals surface area contributed by atoms with Crippen molar-refractivity contribution in [1.29, 1.82) is 5.26 Å². The molecule has 2 N–H and O–H groups in total. The molecule has 34 heavy (non-hydrogen) atoms. The summed E-state index contributed by atoms with van der Waals surface area (Å²) in [4.78, 5) is 6.76. The van der Waals surface area contributed by atoms with Crippen LogP contribution in [-0.2, 0) is 10.0 Å². The van der Waals surface area contributed by atoms with Crippen molar-refractivity contribution in [2.24, 2.45) is 0 Å². The van der Waals surface area contributed by atoms with E-state index < -0.39 is 10.0 Å². The number of fused-ring (bicyclic) bond motifs is 3. The third-order valence-corrected chi connectivity index (χ3v) is 8.12. The Morgan fingerprint density at radius 1 is 1.12 bits per heavy atom. The van der Waals surface area contributed by atoms with Gasteiger partial charge in [-0.3, -0.25) is 0 Å². The van der Waals surface area contributed by atoms with E-state index >= 15 is 0 Å². The van der Waals surface area contributed by atoms with Gasteiger partial charge in [0.2, 0.25) is 0 Å². The van der Waals surface area contributed by atoms with Crippen molar-refractivity contribution in [1.82, 2.24) is 19.5 Å². The summed E-state index contributed by atoms with van der Waals surface area (Å²) in [5, 5.41) is 20.8. The van der Waals surface area contributed by atoms with E-state index in [1.165, 1.54) is 30.4 Å². The SMILES string of the molecule is N#Cc1ccccc1S(=O)(=O)n1ncc2cnc(Nc3ccc(N4CC5CC4CN5)cc3)cc21. The average molecular weight is 472 g/mol. The van der Waals surface area contributed by atoms with Crippen LogP contribution in [0.25, 0.3) is 10.9 Å². The van der Waals surface area contributed by atoms with Gasteiger partial charge in [-0.25, -0.2) is 4.98 Å². The molecule has 0 spiro atoms. The highest BCUT2D eigenvalue weighted by molar-refractivity contribution is 7.90. The molecular weight excluding hydrogens is 450 g/mol. The number of rotatable bonds is 5. The summed E-state index contributed by atoms with van der Waals surface area (Å²) in [6.07, 6.45) is 4.22. The molecule has 2 atom stereocenters. The Balaban J connectivity index is 1.29. The van der Waals surface area contributed by atoms with Crippen molar-refractivity contribution < 1.29 is 8.42 Å². The standard InChI is InChI=1S/C24H21N7O2S/c25-11-16-3-1-2-4-23(16)34(32,33)31-22-10-24(27-12-17(22)13-28-31)29-18-5-7-20(8-6-18)30-15-19-9-21(30)14-26-19/h1-8,10,12-13,19,21,26H,9,14-15H2,(H,27,29). The fourth-order valence-electron chi connectivity index (χ4n) is 4.80. The van der Waals surface area contributed by atoms with Gasteiger partial charge in [0.25, 0.3) is 10.0 Å². The number of aromatic nitrogens is 3. The van der Waals surface area contributed by atoms with Crippen LogP contribution >= 0.6 is 0 Å². The Morgan fingerprint density at radius 2 is 1.94 bits per heavy atom. The quantitative estimate of drug-likeness (QED) is 0.457. The van der Waals surface area contributed by atoms with Gasteiger partial charge in [-0.15, -0.1) is 0 Å². The van der Waals surface area contributed by atoms with Crippen molar-refractivity contribution in [3.63, 3.8) is 0 Å². The molecule has 0 saturated carbocycles. The van der Waals surface area contributed by atoms with Crippen molar-refractivity contribution in [2.45, 2.75) is 23.4 Å². The maximum Gasteiger partial charge on any atom is 0.284 e. The Kier molecular flexibility index (Phi) is 4.76. The first-order valence-corrected chi connectivity index (χ1v) is 12.4. The minimum atomic E-state index is -4.06. The van der Waals surface area contributed by atoms with Crippen LogP contribution in [-0.4, -0.2) is 47.8 Å². The zero-order valence-electron chi connectivity index (χ0n) is 18.1. The van der Waals surface area contributed by atoms with E-state index in [0.29, 0.717) is 28.8 Å². The fourth-order valence-corrected chi connectivity index (χ4v) is 6.21. The summed E-state index contributed by atoms with van der Waals surface area (Å²) < 4.78 is 27.5. The molecule has 0 radical (unpaired) electrons. The first-order valence-electron chi connectivity index (χ1n) is 11.0. The maximum absolute atomic E-state index is 13.3. The molecule has 4 heterocycles. The van der Waals surface area contributed by atoms with Crippen LogP contribution in [0.15, 0.2) is 71.9 Å². The van der Waals surface area contributed by atoms with Gasteiger partial charge in [0, 0.05) is 54.2 Å². The van der Waals surface area contributed by atoms with E-state index in [0.717, 1.165) is 22.9 Å². The highest BCUT2D eigenvalue weighted by Crippen LogP contribution is 2.31. The van der Waals surface area contributed by atoms with E-state index in [-0.39, 0.29) is 10.5 Å². The second-order valence-corrected chi connectivity index (χ2v) is 10.3. The van der Waals surface area contributed by atoms with E-state index in [2.05, 4.69) is 37.7 Å². The van der Waals surface area contributed by atoms with Crippen LogP contribution < -0.4 is 15.5 Å². The van der Waals surface area contributed by atoms with E-state index in [9.17, 15) is 13.7 Å². The molecule has 0 amide bonds. The first kappa shape index (κ1) is 20.7. The Morgan fingerprint density at radius 3 is 2.68 bits per heavy atom. The summed E-state index contributed by atoms with van der Waals surface area (Å²) >= 11 is 0. The summed E-state index contributed by atoms with van der Waals surface area (Å²) in [5.41, 5.74) is 2.49. The number of piperazine rings is 1. The minimum Gasteiger partial charge on any atom is -0.366 e. The maximum atomic E-state index is 13.3. The number of nitriles is 1. The van der Waals surface area contributed by atoms with Crippen LogP contribution in [0.2, 0.25) is 0 Å². The number of hydrogen-bond acceptors (Lipinski definition) is 8. The molecule has 2 fully saturated rings. The number of nitrogens with one attached hydrogen (secondary N) is 2. The van der Waals surface area contributed by atoms with Gasteiger partial charge >= 0.3 is 0 Å². The lowest BCUT2D eigenvalue weighted by Crippen LogP contribution is -2.43. The largest absolute Gasteiger partial charge is 0.366 e. The lowest BCUT2D eigenvalue weighted by atomic mass is 10.2. The number of anilines is 3. The van der Waals surface area contributed by atoms with Gasteiger partial charge in [0.15, 0.2) is 0 Å². The molecule has 2 aliphatic heterocycles. The van der Waals surface area contributed by atoms with Gasteiger partial charge in [0.05, 0.1) is 17.3 Å². The number of hydrogen-bond donors (Lipinski definition) is 2. The van der Waals surface area contributed by atoms with Crippen molar-refractivity contribution in [2.75, 3.05) is 23.3 Å². The van der Waals surface area contributed by atoms with Gasteiger partial charge in [-0.05, 0) is 42.8 Å². The van der Waals surface area contributed by atoms with Crippen molar-refractivity contribution in [3.8, 4) is 6.07 Å². The normalized spacial score (nSPS) is 19.4. The number of pyridine rings is 1. The molecule has 9 nitrogen and oxygen atoms in total. The molecule has 2 aromatic heterocycles. The topological polar surface area (TPSA) is 116 Å². The predicted molar refractivity (Wildman–Crippen MR) is 129 cm³/mol. The number of nitrogens with zero attached hydrogens (tertiary/aromatic N) is 5. The van der Waals surface area contributed by atoms with Crippen LogP contribution in [0.4, 0.5) is 17.2 Å². The second-order valence-electron chi connectivity index (χ2n) is 8.55. The third kappa shape index (κ3) is 3.37. The van der Waals surface area contributed by atoms with E-state index in [4.69, 9.17) is 0 Å². The van der Waals surface area contributed by atoms with Crippen LogP contribution in [0, 0.1) is 11.3 Å².